The van der Waals surface area contributed by atoms with Crippen LogP contribution in [0.2, 0.25) is 0 Å². The predicted octanol–water partition coefficient (Wildman–Crippen LogP) is 3.41. The van der Waals surface area contributed by atoms with Gasteiger partial charge >= 0.3 is 5.97 Å². The van der Waals surface area contributed by atoms with E-state index in [1.807, 2.05) is 6.07 Å². The lowest BCUT2D eigenvalue weighted by atomic mass is 10.2. The standard InChI is InChI=1S/C18H16FNO3/c1-13(18(22)20-16-5-3-2-4-6-16)23-17(21)12-9-14-7-10-15(19)11-8-14/h2-13H,1H3,(H,20,22)/b12-9+/t13-/m0/s1. The lowest BCUT2D eigenvalue weighted by molar-refractivity contribution is -0.148. The average molecular weight is 313 g/mol. The number of carbonyl (C=O) groups is 2. The van der Waals surface area contributed by atoms with Crippen molar-refractivity contribution in [3.05, 3.63) is 72.1 Å². The Balaban J connectivity index is 1.86. The molecule has 0 unspecified atom stereocenters. The largest absolute Gasteiger partial charge is 0.449 e. The van der Waals surface area contributed by atoms with E-state index in [4.69, 9.17) is 4.74 Å². The molecule has 0 radical (unpaired) electrons. The molecule has 4 nitrogen and oxygen atoms in total. The molecule has 2 rings (SSSR count). The second kappa shape index (κ2) is 7.89. The third kappa shape index (κ3) is 5.39. The minimum absolute atomic E-state index is 0.351. The molecular weight excluding hydrogens is 297 g/mol. The zero-order valence-electron chi connectivity index (χ0n) is 12.5. The van der Waals surface area contributed by atoms with Gasteiger partial charge in [0.25, 0.3) is 5.91 Å². The van der Waals surface area contributed by atoms with Crippen molar-refractivity contribution in [1.82, 2.24) is 0 Å². The molecule has 0 aromatic heterocycles. The number of rotatable bonds is 5. The maximum atomic E-state index is 12.8. The van der Waals surface area contributed by atoms with Gasteiger partial charge in [-0.05, 0) is 42.8 Å². The van der Waals surface area contributed by atoms with Crippen LogP contribution in [0.15, 0.2) is 60.7 Å². The number of carbonyl (C=O) groups excluding carboxylic acids is 2. The zero-order valence-corrected chi connectivity index (χ0v) is 12.5. The molecule has 0 heterocycles. The molecule has 2 aromatic carbocycles. The number of para-hydroxylation sites is 1. The molecule has 0 aliphatic rings. The highest BCUT2D eigenvalue weighted by atomic mass is 19.1. The molecule has 5 heteroatoms. The van der Waals surface area contributed by atoms with Crippen molar-refractivity contribution in [3.8, 4) is 0 Å². The number of hydrogen-bond donors (Lipinski definition) is 1. The quantitative estimate of drug-likeness (QED) is 0.680. The molecule has 0 saturated carbocycles. The average Bonchev–Trinajstić information content (AvgIpc) is 2.55. The molecule has 0 aliphatic carbocycles. The molecule has 118 valence electrons. The summed E-state index contributed by atoms with van der Waals surface area (Å²) < 4.78 is 17.8. The normalized spacial score (nSPS) is 11.9. The molecule has 2 aromatic rings. The number of benzene rings is 2. The SMILES string of the molecule is C[C@H](OC(=O)/C=C/c1ccc(F)cc1)C(=O)Nc1ccccc1. The molecule has 0 bridgehead atoms. The Morgan fingerprint density at radius 2 is 1.74 bits per heavy atom. The Kier molecular flexibility index (Phi) is 5.63. The Hall–Kier alpha value is -2.95. The first-order valence-electron chi connectivity index (χ1n) is 7.05. The van der Waals surface area contributed by atoms with Crippen LogP contribution in [0.5, 0.6) is 0 Å². The van der Waals surface area contributed by atoms with Gasteiger partial charge in [-0.3, -0.25) is 4.79 Å². The van der Waals surface area contributed by atoms with Crippen molar-refractivity contribution in [3.63, 3.8) is 0 Å². The summed E-state index contributed by atoms with van der Waals surface area (Å²) in [5, 5.41) is 2.65. The van der Waals surface area contributed by atoms with Gasteiger partial charge in [-0.15, -0.1) is 0 Å². The lowest BCUT2D eigenvalue weighted by Gasteiger charge is -2.12. The maximum Gasteiger partial charge on any atom is 0.331 e. The van der Waals surface area contributed by atoms with E-state index in [1.165, 1.54) is 43.3 Å². The first kappa shape index (κ1) is 16.4. The van der Waals surface area contributed by atoms with Gasteiger partial charge in [0.15, 0.2) is 6.10 Å². The minimum atomic E-state index is -0.930. The number of ether oxygens (including phenoxy) is 1. The van der Waals surface area contributed by atoms with Crippen molar-refractivity contribution in [2.75, 3.05) is 5.32 Å². The predicted molar refractivity (Wildman–Crippen MR) is 86.1 cm³/mol. The van der Waals surface area contributed by atoms with Gasteiger partial charge in [0.1, 0.15) is 5.82 Å². The van der Waals surface area contributed by atoms with E-state index >= 15 is 0 Å². The summed E-state index contributed by atoms with van der Waals surface area (Å²) in [4.78, 5) is 23.6. The van der Waals surface area contributed by atoms with Gasteiger partial charge in [0.2, 0.25) is 0 Å². The fraction of sp³-hybridized carbons (Fsp3) is 0.111. The van der Waals surface area contributed by atoms with Crippen LogP contribution in [-0.2, 0) is 14.3 Å². The van der Waals surface area contributed by atoms with Crippen molar-refractivity contribution < 1.29 is 18.7 Å². The van der Waals surface area contributed by atoms with Crippen LogP contribution in [0.3, 0.4) is 0 Å². The fourth-order valence-corrected chi connectivity index (χ4v) is 1.77. The van der Waals surface area contributed by atoms with E-state index < -0.39 is 18.0 Å². The molecule has 23 heavy (non-hydrogen) atoms. The van der Waals surface area contributed by atoms with Crippen molar-refractivity contribution in [2.45, 2.75) is 13.0 Å². The molecule has 0 fully saturated rings. The van der Waals surface area contributed by atoms with E-state index in [0.29, 0.717) is 11.3 Å². The molecule has 1 atom stereocenters. The lowest BCUT2D eigenvalue weighted by Crippen LogP contribution is -2.29. The Morgan fingerprint density at radius 1 is 1.09 bits per heavy atom. The van der Waals surface area contributed by atoms with Crippen LogP contribution >= 0.6 is 0 Å². The van der Waals surface area contributed by atoms with Gasteiger partial charge < -0.3 is 10.1 Å². The second-order valence-corrected chi connectivity index (χ2v) is 4.82. The van der Waals surface area contributed by atoms with E-state index in [2.05, 4.69) is 5.32 Å². The molecular formula is C18H16FNO3. The minimum Gasteiger partial charge on any atom is -0.449 e. The number of amides is 1. The zero-order chi connectivity index (χ0) is 16.7. The van der Waals surface area contributed by atoms with Gasteiger partial charge in [0, 0.05) is 11.8 Å². The molecule has 1 N–H and O–H groups in total. The van der Waals surface area contributed by atoms with E-state index in [0.717, 1.165) is 0 Å². The van der Waals surface area contributed by atoms with Crippen LogP contribution in [-0.4, -0.2) is 18.0 Å². The Labute approximate surface area is 133 Å². The smallest absolute Gasteiger partial charge is 0.331 e. The van der Waals surface area contributed by atoms with E-state index in [1.54, 1.807) is 24.3 Å². The summed E-state index contributed by atoms with van der Waals surface area (Å²) in [5.74, 6) is -1.42. The Bertz CT molecular complexity index is 696. The topological polar surface area (TPSA) is 55.4 Å². The first-order chi connectivity index (χ1) is 11.0. The first-order valence-corrected chi connectivity index (χ1v) is 7.05. The summed E-state index contributed by atoms with van der Waals surface area (Å²) in [5.41, 5.74) is 1.28. The fourth-order valence-electron chi connectivity index (χ4n) is 1.77. The monoisotopic (exact) mass is 313 g/mol. The van der Waals surface area contributed by atoms with Crippen molar-refractivity contribution >= 4 is 23.6 Å². The van der Waals surface area contributed by atoms with Crippen LogP contribution in [0.25, 0.3) is 6.08 Å². The summed E-state index contributed by atoms with van der Waals surface area (Å²) in [6.07, 6.45) is 1.75. The summed E-state index contributed by atoms with van der Waals surface area (Å²) in [6.45, 7) is 1.49. The second-order valence-electron chi connectivity index (χ2n) is 4.82. The third-order valence-corrected chi connectivity index (χ3v) is 2.99. The van der Waals surface area contributed by atoms with Crippen LogP contribution in [0, 0.1) is 5.82 Å². The van der Waals surface area contributed by atoms with Gasteiger partial charge in [-0.2, -0.15) is 0 Å². The van der Waals surface area contributed by atoms with Gasteiger partial charge in [0.05, 0.1) is 0 Å². The molecule has 1 amide bonds. The molecule has 0 spiro atoms. The Morgan fingerprint density at radius 3 is 2.39 bits per heavy atom. The van der Waals surface area contributed by atoms with E-state index in [9.17, 15) is 14.0 Å². The summed E-state index contributed by atoms with van der Waals surface area (Å²) in [6, 6.07) is 14.5. The number of esters is 1. The summed E-state index contributed by atoms with van der Waals surface area (Å²) >= 11 is 0. The molecule has 0 aliphatic heterocycles. The highest BCUT2D eigenvalue weighted by molar-refractivity contribution is 5.96. The number of hydrogen-bond acceptors (Lipinski definition) is 3. The molecule has 0 saturated heterocycles. The third-order valence-electron chi connectivity index (χ3n) is 2.99. The number of halogens is 1. The van der Waals surface area contributed by atoms with Crippen molar-refractivity contribution in [1.29, 1.82) is 0 Å². The van der Waals surface area contributed by atoms with Gasteiger partial charge in [-0.25, -0.2) is 9.18 Å². The number of nitrogens with one attached hydrogen (secondary N) is 1. The highest BCUT2D eigenvalue weighted by Gasteiger charge is 2.16. The van der Waals surface area contributed by atoms with Crippen LogP contribution in [0.1, 0.15) is 12.5 Å². The maximum absolute atomic E-state index is 12.8. The summed E-state index contributed by atoms with van der Waals surface area (Å²) in [7, 11) is 0. The van der Waals surface area contributed by atoms with Crippen LogP contribution < -0.4 is 5.32 Å². The number of anilines is 1. The van der Waals surface area contributed by atoms with E-state index in [-0.39, 0.29) is 5.82 Å². The van der Waals surface area contributed by atoms with Crippen LogP contribution in [0.4, 0.5) is 10.1 Å². The van der Waals surface area contributed by atoms with Gasteiger partial charge in [-0.1, -0.05) is 30.3 Å². The highest BCUT2D eigenvalue weighted by Crippen LogP contribution is 2.08. The van der Waals surface area contributed by atoms with Crippen molar-refractivity contribution in [2.24, 2.45) is 0 Å².